The zero-order valence-corrected chi connectivity index (χ0v) is 8.39. The van der Waals surface area contributed by atoms with Crippen LogP contribution in [0.1, 0.15) is 37.9 Å². The first-order valence-electron chi connectivity index (χ1n) is 5.15. The normalized spacial score (nSPS) is 25.8. The maximum atomic E-state index is 10.0. The van der Waals surface area contributed by atoms with Gasteiger partial charge in [0.2, 0.25) is 0 Å². The standard InChI is InChI=1S/C10H15N3O/c1-2-8-3-10(4-8)13-6-9(5-12-14)11-7-13/h6-8,10H,2-5H2,1H3. The Bertz CT molecular complexity index is 315. The van der Waals surface area contributed by atoms with Crippen molar-refractivity contribution in [3.8, 4) is 0 Å². The lowest BCUT2D eigenvalue weighted by Gasteiger charge is -2.35. The Morgan fingerprint density at radius 2 is 2.43 bits per heavy atom. The van der Waals surface area contributed by atoms with Gasteiger partial charge in [0.25, 0.3) is 0 Å². The lowest BCUT2D eigenvalue weighted by Crippen LogP contribution is -2.25. The van der Waals surface area contributed by atoms with E-state index < -0.39 is 0 Å². The quantitative estimate of drug-likeness (QED) is 0.690. The van der Waals surface area contributed by atoms with Crippen LogP contribution >= 0.6 is 0 Å². The van der Waals surface area contributed by atoms with Crippen molar-refractivity contribution < 1.29 is 0 Å². The molecule has 76 valence electrons. The molecule has 0 bridgehead atoms. The summed E-state index contributed by atoms with van der Waals surface area (Å²) in [4.78, 5) is 14.2. The molecule has 4 nitrogen and oxygen atoms in total. The van der Waals surface area contributed by atoms with Crippen LogP contribution in [0.4, 0.5) is 0 Å². The molecule has 0 spiro atoms. The van der Waals surface area contributed by atoms with Crippen LogP contribution in [-0.4, -0.2) is 9.55 Å². The average molecular weight is 193 g/mol. The van der Waals surface area contributed by atoms with E-state index in [2.05, 4.69) is 21.7 Å². The van der Waals surface area contributed by atoms with Gasteiger partial charge in [0.05, 0.1) is 12.0 Å². The molecule has 1 saturated carbocycles. The molecule has 0 atom stereocenters. The SMILES string of the molecule is CCC1CC(n2cnc(CN=O)c2)C1. The predicted octanol–water partition coefficient (Wildman–Crippen LogP) is 2.51. The Labute approximate surface area is 83.3 Å². The van der Waals surface area contributed by atoms with Gasteiger partial charge in [0.15, 0.2) is 0 Å². The summed E-state index contributed by atoms with van der Waals surface area (Å²) in [7, 11) is 0. The number of nitrogens with zero attached hydrogens (tertiary/aromatic N) is 3. The molecule has 1 heterocycles. The lowest BCUT2D eigenvalue weighted by molar-refractivity contribution is 0.192. The van der Waals surface area contributed by atoms with Crippen molar-refractivity contribution in [3.05, 3.63) is 23.1 Å². The number of imidazole rings is 1. The first-order valence-corrected chi connectivity index (χ1v) is 5.15. The number of nitroso groups, excluding NO2 is 1. The minimum atomic E-state index is 0.191. The first-order chi connectivity index (χ1) is 6.83. The van der Waals surface area contributed by atoms with Crippen LogP contribution in [0.2, 0.25) is 0 Å². The van der Waals surface area contributed by atoms with E-state index >= 15 is 0 Å². The highest BCUT2D eigenvalue weighted by atomic mass is 16.3. The number of hydrogen-bond acceptors (Lipinski definition) is 3. The molecule has 0 N–H and O–H groups in total. The second-order valence-electron chi connectivity index (χ2n) is 4.00. The van der Waals surface area contributed by atoms with Gasteiger partial charge < -0.3 is 4.57 Å². The summed E-state index contributed by atoms with van der Waals surface area (Å²) in [6.45, 7) is 2.42. The highest BCUT2D eigenvalue weighted by molar-refractivity contribution is 4.99. The number of hydrogen-bond donors (Lipinski definition) is 0. The Kier molecular flexibility index (Phi) is 2.61. The monoisotopic (exact) mass is 193 g/mol. The molecular formula is C10H15N3O. The molecule has 1 aromatic heterocycles. The summed E-state index contributed by atoms with van der Waals surface area (Å²) in [5.74, 6) is 0.884. The first kappa shape index (κ1) is 9.37. The molecule has 2 rings (SSSR count). The summed E-state index contributed by atoms with van der Waals surface area (Å²) in [5.41, 5.74) is 0.778. The molecule has 1 fully saturated rings. The van der Waals surface area contributed by atoms with E-state index in [1.807, 2.05) is 12.5 Å². The molecule has 0 aromatic carbocycles. The van der Waals surface area contributed by atoms with E-state index in [9.17, 15) is 4.91 Å². The summed E-state index contributed by atoms with van der Waals surface area (Å²) in [5, 5.41) is 2.83. The average Bonchev–Trinajstić information content (AvgIpc) is 2.52. The van der Waals surface area contributed by atoms with Gasteiger partial charge in [0.1, 0.15) is 6.54 Å². The Morgan fingerprint density at radius 1 is 1.64 bits per heavy atom. The zero-order chi connectivity index (χ0) is 9.97. The van der Waals surface area contributed by atoms with Crippen LogP contribution < -0.4 is 0 Å². The van der Waals surface area contributed by atoms with E-state index in [-0.39, 0.29) is 6.54 Å². The zero-order valence-electron chi connectivity index (χ0n) is 8.39. The molecule has 0 aliphatic heterocycles. The van der Waals surface area contributed by atoms with Gasteiger partial charge in [-0.1, -0.05) is 18.5 Å². The summed E-state index contributed by atoms with van der Waals surface area (Å²) in [6.07, 6.45) is 7.53. The minimum Gasteiger partial charge on any atom is -0.334 e. The third kappa shape index (κ3) is 1.69. The molecular weight excluding hydrogens is 178 g/mol. The van der Waals surface area contributed by atoms with Crippen LogP contribution in [0.25, 0.3) is 0 Å². The molecule has 1 aromatic rings. The van der Waals surface area contributed by atoms with E-state index in [0.717, 1.165) is 11.6 Å². The van der Waals surface area contributed by atoms with E-state index in [1.165, 1.54) is 19.3 Å². The van der Waals surface area contributed by atoms with Crippen molar-refractivity contribution in [3.63, 3.8) is 0 Å². The van der Waals surface area contributed by atoms with Crippen molar-refractivity contribution in [2.75, 3.05) is 0 Å². The highest BCUT2D eigenvalue weighted by Gasteiger charge is 2.28. The van der Waals surface area contributed by atoms with Crippen molar-refractivity contribution in [2.24, 2.45) is 11.1 Å². The molecule has 4 heteroatoms. The summed E-state index contributed by atoms with van der Waals surface area (Å²) in [6, 6.07) is 0.604. The fourth-order valence-corrected chi connectivity index (χ4v) is 2.00. The van der Waals surface area contributed by atoms with Crippen molar-refractivity contribution in [1.82, 2.24) is 9.55 Å². The van der Waals surface area contributed by atoms with Gasteiger partial charge in [-0.25, -0.2) is 4.98 Å². The number of rotatable bonds is 4. The molecule has 0 amide bonds. The third-order valence-electron chi connectivity index (χ3n) is 3.09. The molecule has 0 saturated heterocycles. The van der Waals surface area contributed by atoms with Crippen molar-refractivity contribution in [2.45, 2.75) is 38.8 Å². The van der Waals surface area contributed by atoms with E-state index in [1.54, 1.807) is 0 Å². The second kappa shape index (κ2) is 3.90. The van der Waals surface area contributed by atoms with Gasteiger partial charge in [0, 0.05) is 12.2 Å². The maximum absolute atomic E-state index is 10.0. The fourth-order valence-electron chi connectivity index (χ4n) is 2.00. The highest BCUT2D eigenvalue weighted by Crippen LogP contribution is 2.39. The van der Waals surface area contributed by atoms with Gasteiger partial charge in [-0.2, -0.15) is 4.91 Å². The Morgan fingerprint density at radius 3 is 3.07 bits per heavy atom. The molecule has 1 aliphatic rings. The molecule has 0 unspecified atom stereocenters. The second-order valence-corrected chi connectivity index (χ2v) is 4.00. The van der Waals surface area contributed by atoms with Crippen LogP contribution in [0.15, 0.2) is 17.7 Å². The molecule has 1 aliphatic carbocycles. The predicted molar refractivity (Wildman–Crippen MR) is 53.8 cm³/mol. The van der Waals surface area contributed by atoms with Crippen LogP contribution in [-0.2, 0) is 6.54 Å². The molecule has 0 radical (unpaired) electrons. The maximum Gasteiger partial charge on any atom is 0.125 e. The minimum absolute atomic E-state index is 0.191. The topological polar surface area (TPSA) is 47.2 Å². The third-order valence-corrected chi connectivity index (χ3v) is 3.09. The van der Waals surface area contributed by atoms with Crippen LogP contribution in [0.3, 0.4) is 0 Å². The number of aromatic nitrogens is 2. The summed E-state index contributed by atoms with van der Waals surface area (Å²) >= 11 is 0. The summed E-state index contributed by atoms with van der Waals surface area (Å²) < 4.78 is 2.12. The Hall–Kier alpha value is -1.19. The lowest BCUT2D eigenvalue weighted by atomic mass is 9.78. The Balaban J connectivity index is 1.94. The van der Waals surface area contributed by atoms with Gasteiger partial charge in [-0.3, -0.25) is 0 Å². The van der Waals surface area contributed by atoms with Crippen molar-refractivity contribution >= 4 is 0 Å². The van der Waals surface area contributed by atoms with Gasteiger partial charge in [-0.15, -0.1) is 0 Å². The smallest absolute Gasteiger partial charge is 0.125 e. The van der Waals surface area contributed by atoms with E-state index in [0.29, 0.717) is 6.04 Å². The largest absolute Gasteiger partial charge is 0.334 e. The molecule has 14 heavy (non-hydrogen) atoms. The van der Waals surface area contributed by atoms with E-state index in [4.69, 9.17) is 0 Å². The van der Waals surface area contributed by atoms with Crippen LogP contribution in [0.5, 0.6) is 0 Å². The fraction of sp³-hybridized carbons (Fsp3) is 0.700. The van der Waals surface area contributed by atoms with Gasteiger partial charge in [-0.05, 0) is 18.8 Å². The van der Waals surface area contributed by atoms with Crippen molar-refractivity contribution in [1.29, 1.82) is 0 Å². The van der Waals surface area contributed by atoms with Gasteiger partial charge >= 0.3 is 0 Å². The van der Waals surface area contributed by atoms with Crippen LogP contribution in [0, 0.1) is 10.8 Å².